The molecule has 0 saturated heterocycles. The van der Waals surface area contributed by atoms with Crippen molar-refractivity contribution >= 4 is 28.2 Å². The van der Waals surface area contributed by atoms with Crippen molar-refractivity contribution in [3.05, 3.63) is 101 Å². The Hall–Kier alpha value is -5.19. The normalized spacial score (nSPS) is 12.0. The van der Waals surface area contributed by atoms with Gasteiger partial charge >= 0.3 is 12.1 Å². The van der Waals surface area contributed by atoms with Crippen LogP contribution in [0.25, 0.3) is 27.7 Å². The molecule has 0 radical (unpaired) electrons. The summed E-state index contributed by atoms with van der Waals surface area (Å²) >= 11 is 0. The molecule has 0 aliphatic carbocycles. The number of nitrogens with zero attached hydrogens (tertiary/aromatic N) is 3. The van der Waals surface area contributed by atoms with Crippen LogP contribution in [-0.2, 0) is 6.18 Å². The predicted molar refractivity (Wildman–Crippen MR) is 144 cm³/mol. The highest BCUT2D eigenvalue weighted by molar-refractivity contribution is 5.97. The van der Waals surface area contributed by atoms with Gasteiger partial charge in [0.15, 0.2) is 11.4 Å². The second kappa shape index (κ2) is 10.1. The highest BCUT2D eigenvalue weighted by Crippen LogP contribution is 2.45. The lowest BCUT2D eigenvalue weighted by molar-refractivity contribution is -0.137. The van der Waals surface area contributed by atoms with E-state index in [1.165, 1.54) is 28.8 Å². The molecule has 11 heteroatoms. The molecule has 0 fully saturated rings. The van der Waals surface area contributed by atoms with Gasteiger partial charge in [-0.05, 0) is 79.1 Å². The van der Waals surface area contributed by atoms with Gasteiger partial charge in [-0.15, -0.1) is 10.2 Å². The van der Waals surface area contributed by atoms with Crippen molar-refractivity contribution in [2.24, 2.45) is 10.2 Å². The van der Waals surface area contributed by atoms with Gasteiger partial charge in [0.25, 0.3) is 0 Å². The number of hydrogen-bond donors (Lipinski definition) is 3. The molecule has 4 aromatic carbocycles. The fraction of sp³-hybridized carbons (Fsp3) is 0.100. The molecule has 0 atom stereocenters. The minimum atomic E-state index is -4.65. The SMILES string of the molecule is Cc1cc(C)cc(-n2c(O)c(N=Nc3cc(F)cc(-c4cccc(C(=O)O)c4)c3O)c3ccc(C(F)(F)F)cc32)c1. The van der Waals surface area contributed by atoms with Gasteiger partial charge in [0.2, 0.25) is 5.88 Å². The smallest absolute Gasteiger partial charge is 0.416 e. The molecule has 1 aromatic heterocycles. The largest absolute Gasteiger partial charge is 0.505 e. The van der Waals surface area contributed by atoms with Crippen LogP contribution in [0.2, 0.25) is 0 Å². The molecular formula is C30H21F4N3O4. The Morgan fingerprint density at radius 3 is 2.24 bits per heavy atom. The lowest BCUT2D eigenvalue weighted by Crippen LogP contribution is -2.05. The summed E-state index contributed by atoms with van der Waals surface area (Å²) < 4.78 is 56.5. The topological polar surface area (TPSA) is 107 Å². The summed E-state index contributed by atoms with van der Waals surface area (Å²) in [7, 11) is 0. The minimum absolute atomic E-state index is 0.00548. The Balaban J connectivity index is 1.69. The van der Waals surface area contributed by atoms with E-state index in [1.807, 2.05) is 6.07 Å². The van der Waals surface area contributed by atoms with Crippen molar-refractivity contribution in [1.82, 2.24) is 4.57 Å². The average Bonchev–Trinajstić information content (AvgIpc) is 3.18. The quantitative estimate of drug-likeness (QED) is 0.147. The van der Waals surface area contributed by atoms with Crippen molar-refractivity contribution < 1.29 is 37.7 Å². The summed E-state index contributed by atoms with van der Waals surface area (Å²) in [6.07, 6.45) is -4.65. The van der Waals surface area contributed by atoms with Crippen LogP contribution in [0.15, 0.2) is 83.0 Å². The molecule has 1 heterocycles. The Morgan fingerprint density at radius 2 is 1.59 bits per heavy atom. The molecular weight excluding hydrogens is 542 g/mol. The van der Waals surface area contributed by atoms with E-state index in [0.717, 1.165) is 41.5 Å². The Kier molecular flexibility index (Phi) is 6.74. The van der Waals surface area contributed by atoms with Crippen LogP contribution >= 0.6 is 0 Å². The molecule has 7 nitrogen and oxygen atoms in total. The molecule has 0 aliphatic heterocycles. The highest BCUT2D eigenvalue weighted by atomic mass is 19.4. The second-order valence-electron chi connectivity index (χ2n) is 9.49. The first kappa shape index (κ1) is 27.4. The molecule has 5 rings (SSSR count). The van der Waals surface area contributed by atoms with E-state index >= 15 is 0 Å². The summed E-state index contributed by atoms with van der Waals surface area (Å²) in [6.45, 7) is 3.61. The third-order valence-electron chi connectivity index (χ3n) is 6.44. The Bertz CT molecular complexity index is 1860. The zero-order valence-electron chi connectivity index (χ0n) is 21.5. The number of rotatable bonds is 5. The van der Waals surface area contributed by atoms with E-state index < -0.39 is 35.2 Å². The number of aryl methyl sites for hydroxylation is 2. The zero-order valence-corrected chi connectivity index (χ0v) is 21.5. The maximum absolute atomic E-state index is 14.6. The van der Waals surface area contributed by atoms with Gasteiger partial charge in [0.05, 0.1) is 16.6 Å². The van der Waals surface area contributed by atoms with E-state index in [9.17, 15) is 37.7 Å². The summed E-state index contributed by atoms with van der Waals surface area (Å²) in [6, 6.07) is 15.5. The van der Waals surface area contributed by atoms with E-state index in [0.29, 0.717) is 5.69 Å². The van der Waals surface area contributed by atoms with Crippen LogP contribution in [0.5, 0.6) is 11.6 Å². The van der Waals surface area contributed by atoms with Gasteiger partial charge in [-0.1, -0.05) is 18.2 Å². The van der Waals surface area contributed by atoms with Gasteiger partial charge in [0, 0.05) is 22.7 Å². The lowest BCUT2D eigenvalue weighted by atomic mass is 10.0. The summed E-state index contributed by atoms with van der Waals surface area (Å²) in [5, 5.41) is 39.4. The van der Waals surface area contributed by atoms with Crippen LogP contribution in [0.4, 0.5) is 28.9 Å². The Labute approximate surface area is 230 Å². The lowest BCUT2D eigenvalue weighted by Gasteiger charge is -2.11. The van der Waals surface area contributed by atoms with Gasteiger partial charge in [0.1, 0.15) is 11.5 Å². The highest BCUT2D eigenvalue weighted by Gasteiger charge is 2.32. The molecule has 3 N–H and O–H groups in total. The number of carbonyl (C=O) groups is 1. The van der Waals surface area contributed by atoms with Crippen molar-refractivity contribution in [3.8, 4) is 28.4 Å². The maximum atomic E-state index is 14.6. The Morgan fingerprint density at radius 1 is 0.878 bits per heavy atom. The first-order chi connectivity index (χ1) is 19.3. The van der Waals surface area contributed by atoms with E-state index in [1.54, 1.807) is 26.0 Å². The predicted octanol–water partition coefficient (Wildman–Crippen LogP) is 8.60. The number of hydrogen-bond acceptors (Lipinski definition) is 5. The van der Waals surface area contributed by atoms with E-state index in [-0.39, 0.29) is 39.0 Å². The first-order valence-electron chi connectivity index (χ1n) is 12.1. The number of carboxylic acid groups (broad SMARTS) is 1. The summed E-state index contributed by atoms with van der Waals surface area (Å²) in [4.78, 5) is 11.4. The standard InChI is InChI=1S/C30H21F4N3O4/c1-15-8-16(2)10-21(9-15)37-25-12-19(30(32,33)34)6-7-22(25)26(28(37)39)36-35-24-14-20(31)13-23(27(24)38)17-4-3-5-18(11-17)29(40)41/h3-14,38-39H,1-2H3,(H,40,41). The van der Waals surface area contributed by atoms with Crippen LogP contribution < -0.4 is 0 Å². The molecule has 5 aromatic rings. The van der Waals surface area contributed by atoms with Crippen LogP contribution in [0.1, 0.15) is 27.0 Å². The minimum Gasteiger partial charge on any atom is -0.505 e. The molecule has 0 bridgehead atoms. The van der Waals surface area contributed by atoms with Gasteiger partial charge < -0.3 is 15.3 Å². The number of fused-ring (bicyclic) bond motifs is 1. The second-order valence-corrected chi connectivity index (χ2v) is 9.49. The fourth-order valence-corrected chi connectivity index (χ4v) is 4.68. The van der Waals surface area contributed by atoms with Crippen molar-refractivity contribution in [2.45, 2.75) is 20.0 Å². The van der Waals surface area contributed by atoms with Gasteiger partial charge in [-0.2, -0.15) is 13.2 Å². The number of phenols is 1. The first-order valence-corrected chi connectivity index (χ1v) is 12.1. The van der Waals surface area contributed by atoms with Gasteiger partial charge in [-0.3, -0.25) is 4.57 Å². The number of azo groups is 1. The number of phenolic OH excluding ortho intramolecular Hbond substituents is 1. The number of aromatic hydroxyl groups is 2. The molecule has 0 unspecified atom stereocenters. The van der Waals surface area contributed by atoms with Crippen LogP contribution in [0.3, 0.4) is 0 Å². The van der Waals surface area contributed by atoms with Crippen LogP contribution in [0, 0.1) is 19.7 Å². The molecule has 0 aliphatic rings. The van der Waals surface area contributed by atoms with Gasteiger partial charge in [-0.25, -0.2) is 9.18 Å². The summed E-state index contributed by atoms with van der Waals surface area (Å²) in [5.41, 5.74) is 0.577. The molecule has 0 spiro atoms. The van der Waals surface area contributed by atoms with Crippen molar-refractivity contribution in [2.75, 3.05) is 0 Å². The van der Waals surface area contributed by atoms with Crippen molar-refractivity contribution in [3.63, 3.8) is 0 Å². The van der Waals surface area contributed by atoms with Crippen molar-refractivity contribution in [1.29, 1.82) is 0 Å². The maximum Gasteiger partial charge on any atom is 0.416 e. The molecule has 0 saturated carbocycles. The summed E-state index contributed by atoms with van der Waals surface area (Å²) in [5.74, 6) is -3.07. The third-order valence-corrected chi connectivity index (χ3v) is 6.44. The number of aromatic carboxylic acids is 1. The molecule has 41 heavy (non-hydrogen) atoms. The van der Waals surface area contributed by atoms with E-state index in [2.05, 4.69) is 10.2 Å². The third kappa shape index (κ3) is 5.21. The number of benzene rings is 4. The number of alkyl halides is 3. The molecule has 0 amide bonds. The number of aromatic nitrogens is 1. The molecule has 208 valence electrons. The zero-order chi connectivity index (χ0) is 29.6. The monoisotopic (exact) mass is 563 g/mol. The fourth-order valence-electron chi connectivity index (χ4n) is 4.68. The number of carboxylic acids is 1. The van der Waals surface area contributed by atoms with E-state index in [4.69, 9.17) is 0 Å². The van der Waals surface area contributed by atoms with Crippen LogP contribution in [-0.4, -0.2) is 25.9 Å². The average molecular weight is 564 g/mol. The number of halogens is 4.